The van der Waals surface area contributed by atoms with E-state index in [1.165, 1.54) is 34.9 Å². The summed E-state index contributed by atoms with van der Waals surface area (Å²) in [6.07, 6.45) is 0. The molecule has 1 unspecified atom stereocenters. The van der Waals surface area contributed by atoms with Gasteiger partial charge in [-0.1, -0.05) is 17.7 Å². The topological polar surface area (TPSA) is 94.2 Å². The van der Waals surface area contributed by atoms with Crippen molar-refractivity contribution in [1.29, 1.82) is 0 Å². The SMILES string of the molecule is Cc1c(Cl)cccc1NC(=O)C(C)n1c(=O)ccc2cc([N+](=O)[O-])ccc21. The molecular weight excluding hydrogens is 370 g/mol. The number of nitrogens with one attached hydrogen (secondary N) is 1. The van der Waals surface area contributed by atoms with E-state index in [4.69, 9.17) is 11.6 Å². The molecule has 0 aliphatic rings. The monoisotopic (exact) mass is 385 g/mol. The second-order valence-corrected chi connectivity index (χ2v) is 6.53. The molecule has 3 aromatic rings. The number of rotatable bonds is 4. The number of nitro benzene ring substituents is 1. The van der Waals surface area contributed by atoms with Gasteiger partial charge in [0.1, 0.15) is 6.04 Å². The van der Waals surface area contributed by atoms with Gasteiger partial charge < -0.3 is 5.32 Å². The highest BCUT2D eigenvalue weighted by molar-refractivity contribution is 6.31. The first-order chi connectivity index (χ1) is 12.8. The van der Waals surface area contributed by atoms with Crippen LogP contribution in [-0.4, -0.2) is 15.4 Å². The molecule has 1 N–H and O–H groups in total. The fraction of sp³-hybridized carbons (Fsp3) is 0.158. The molecule has 0 bridgehead atoms. The lowest BCUT2D eigenvalue weighted by Gasteiger charge is -2.18. The van der Waals surface area contributed by atoms with Crippen LogP contribution in [0.1, 0.15) is 18.5 Å². The Labute approximate surface area is 159 Å². The van der Waals surface area contributed by atoms with E-state index in [0.717, 1.165) is 5.56 Å². The van der Waals surface area contributed by atoms with Crippen LogP contribution in [0.2, 0.25) is 5.02 Å². The molecule has 0 fully saturated rings. The van der Waals surface area contributed by atoms with Crippen molar-refractivity contribution in [3.63, 3.8) is 0 Å². The number of carbonyl (C=O) groups excluding carboxylic acids is 1. The Morgan fingerprint density at radius 3 is 2.67 bits per heavy atom. The average Bonchev–Trinajstić information content (AvgIpc) is 2.64. The van der Waals surface area contributed by atoms with E-state index in [1.54, 1.807) is 32.0 Å². The minimum absolute atomic E-state index is 0.0839. The van der Waals surface area contributed by atoms with Crippen molar-refractivity contribution in [2.45, 2.75) is 19.9 Å². The maximum Gasteiger partial charge on any atom is 0.270 e. The Balaban J connectivity index is 2.01. The van der Waals surface area contributed by atoms with Crippen molar-refractivity contribution in [2.75, 3.05) is 5.32 Å². The highest BCUT2D eigenvalue weighted by atomic mass is 35.5. The molecule has 0 saturated heterocycles. The van der Waals surface area contributed by atoms with Crippen molar-refractivity contribution in [2.24, 2.45) is 0 Å². The van der Waals surface area contributed by atoms with E-state index in [2.05, 4.69) is 5.32 Å². The van der Waals surface area contributed by atoms with Gasteiger partial charge in [-0.05, 0) is 43.7 Å². The number of nitro groups is 1. The molecular formula is C19H16ClN3O4. The van der Waals surface area contributed by atoms with Crippen LogP contribution in [0.25, 0.3) is 10.9 Å². The smallest absolute Gasteiger partial charge is 0.270 e. The summed E-state index contributed by atoms with van der Waals surface area (Å²) in [4.78, 5) is 35.6. The van der Waals surface area contributed by atoms with E-state index in [0.29, 0.717) is 21.6 Å². The number of aromatic nitrogens is 1. The zero-order valence-corrected chi connectivity index (χ0v) is 15.4. The molecule has 7 nitrogen and oxygen atoms in total. The molecule has 0 saturated carbocycles. The van der Waals surface area contributed by atoms with Crippen molar-refractivity contribution in [3.05, 3.63) is 79.6 Å². The number of pyridine rings is 1. The summed E-state index contributed by atoms with van der Waals surface area (Å²) in [5.74, 6) is -0.395. The predicted octanol–water partition coefficient (Wildman–Crippen LogP) is 4.07. The Bertz CT molecular complexity index is 1120. The van der Waals surface area contributed by atoms with Gasteiger partial charge in [0.25, 0.3) is 11.2 Å². The number of amides is 1. The average molecular weight is 386 g/mol. The minimum atomic E-state index is -0.832. The molecule has 0 spiro atoms. The first-order valence-corrected chi connectivity index (χ1v) is 8.53. The summed E-state index contributed by atoms with van der Waals surface area (Å²) < 4.78 is 1.31. The number of halogens is 1. The van der Waals surface area contributed by atoms with Crippen molar-refractivity contribution < 1.29 is 9.72 Å². The molecule has 138 valence electrons. The third-order valence-electron chi connectivity index (χ3n) is 4.42. The van der Waals surface area contributed by atoms with Gasteiger partial charge in [0.2, 0.25) is 5.91 Å². The summed E-state index contributed by atoms with van der Waals surface area (Å²) in [5, 5.41) is 14.8. The standard InChI is InChI=1S/C19H16ClN3O4/c1-11-15(20)4-3-5-16(11)21-19(25)12(2)22-17-8-7-14(23(26)27)10-13(17)6-9-18(22)24/h3-10,12H,1-2H3,(H,21,25). The number of hydrogen-bond acceptors (Lipinski definition) is 4. The van der Waals surface area contributed by atoms with Gasteiger partial charge >= 0.3 is 0 Å². The van der Waals surface area contributed by atoms with Crippen LogP contribution in [0.3, 0.4) is 0 Å². The maximum absolute atomic E-state index is 12.7. The quantitative estimate of drug-likeness (QED) is 0.541. The van der Waals surface area contributed by atoms with E-state index < -0.39 is 16.9 Å². The lowest BCUT2D eigenvalue weighted by atomic mass is 10.1. The number of benzene rings is 2. The Morgan fingerprint density at radius 2 is 1.96 bits per heavy atom. The van der Waals surface area contributed by atoms with E-state index in [-0.39, 0.29) is 11.2 Å². The van der Waals surface area contributed by atoms with Gasteiger partial charge in [-0.25, -0.2) is 0 Å². The Morgan fingerprint density at radius 1 is 1.22 bits per heavy atom. The number of carbonyl (C=O) groups is 1. The second kappa shape index (κ2) is 7.20. The van der Waals surface area contributed by atoms with Gasteiger partial charge in [0.05, 0.1) is 10.4 Å². The maximum atomic E-state index is 12.7. The zero-order chi connectivity index (χ0) is 19.7. The summed E-state index contributed by atoms with van der Waals surface area (Å²) in [6.45, 7) is 3.38. The Hall–Kier alpha value is -3.19. The molecule has 0 aliphatic heterocycles. The normalized spacial score (nSPS) is 12.0. The van der Waals surface area contributed by atoms with Crippen LogP contribution in [0.4, 0.5) is 11.4 Å². The summed E-state index contributed by atoms with van der Waals surface area (Å²) >= 11 is 6.08. The van der Waals surface area contributed by atoms with Gasteiger partial charge in [0, 0.05) is 34.3 Å². The first kappa shape index (κ1) is 18.6. The van der Waals surface area contributed by atoms with Gasteiger partial charge in [0.15, 0.2) is 0 Å². The van der Waals surface area contributed by atoms with E-state index >= 15 is 0 Å². The van der Waals surface area contributed by atoms with E-state index in [9.17, 15) is 19.7 Å². The number of hydrogen-bond donors (Lipinski definition) is 1. The third-order valence-corrected chi connectivity index (χ3v) is 4.83. The predicted molar refractivity (Wildman–Crippen MR) is 104 cm³/mol. The highest BCUT2D eigenvalue weighted by Crippen LogP contribution is 2.25. The van der Waals surface area contributed by atoms with Crippen molar-refractivity contribution >= 4 is 39.8 Å². The highest BCUT2D eigenvalue weighted by Gasteiger charge is 2.20. The molecule has 1 amide bonds. The molecule has 1 aromatic heterocycles. The van der Waals surface area contributed by atoms with Crippen LogP contribution < -0.4 is 10.9 Å². The third kappa shape index (κ3) is 3.54. The van der Waals surface area contributed by atoms with Crippen LogP contribution in [0.15, 0.2) is 53.3 Å². The summed E-state index contributed by atoms with van der Waals surface area (Å²) in [6, 6.07) is 11.3. The van der Waals surface area contributed by atoms with E-state index in [1.807, 2.05) is 0 Å². The molecule has 3 rings (SSSR count). The molecule has 8 heteroatoms. The largest absolute Gasteiger partial charge is 0.324 e. The summed E-state index contributed by atoms with van der Waals surface area (Å²) in [7, 11) is 0. The summed E-state index contributed by atoms with van der Waals surface area (Å²) in [5.41, 5.74) is 1.27. The lowest BCUT2D eigenvalue weighted by molar-refractivity contribution is -0.384. The van der Waals surface area contributed by atoms with Crippen LogP contribution >= 0.6 is 11.6 Å². The number of fused-ring (bicyclic) bond motifs is 1. The molecule has 0 radical (unpaired) electrons. The lowest BCUT2D eigenvalue weighted by Crippen LogP contribution is -2.31. The van der Waals surface area contributed by atoms with Gasteiger partial charge in [-0.3, -0.25) is 24.3 Å². The van der Waals surface area contributed by atoms with Crippen LogP contribution in [0, 0.1) is 17.0 Å². The fourth-order valence-corrected chi connectivity index (χ4v) is 3.04. The number of anilines is 1. The van der Waals surface area contributed by atoms with Gasteiger partial charge in [-0.2, -0.15) is 0 Å². The number of non-ortho nitro benzene ring substituents is 1. The number of nitrogens with zero attached hydrogens (tertiary/aromatic N) is 2. The molecule has 1 heterocycles. The van der Waals surface area contributed by atoms with Crippen LogP contribution in [0.5, 0.6) is 0 Å². The Kier molecular flexibility index (Phi) is 4.96. The first-order valence-electron chi connectivity index (χ1n) is 8.15. The van der Waals surface area contributed by atoms with Crippen LogP contribution in [-0.2, 0) is 4.79 Å². The second-order valence-electron chi connectivity index (χ2n) is 6.12. The van der Waals surface area contributed by atoms with Crippen molar-refractivity contribution in [1.82, 2.24) is 4.57 Å². The fourth-order valence-electron chi connectivity index (χ4n) is 2.87. The van der Waals surface area contributed by atoms with Gasteiger partial charge in [-0.15, -0.1) is 0 Å². The van der Waals surface area contributed by atoms with Crippen molar-refractivity contribution in [3.8, 4) is 0 Å². The minimum Gasteiger partial charge on any atom is -0.324 e. The molecule has 2 aromatic carbocycles. The molecule has 1 atom stereocenters. The molecule has 0 aliphatic carbocycles. The zero-order valence-electron chi connectivity index (χ0n) is 14.6. The molecule has 27 heavy (non-hydrogen) atoms.